The lowest BCUT2D eigenvalue weighted by Gasteiger charge is -2.23. The van der Waals surface area contributed by atoms with Gasteiger partial charge in [0.05, 0.1) is 0 Å². The van der Waals surface area contributed by atoms with E-state index in [1.54, 1.807) is 20.0 Å². The van der Waals surface area contributed by atoms with Crippen LogP contribution in [-0.2, 0) is 16.0 Å². The summed E-state index contributed by atoms with van der Waals surface area (Å²) >= 11 is 0. The van der Waals surface area contributed by atoms with E-state index in [2.05, 4.69) is 36.1 Å². The zero-order valence-electron chi connectivity index (χ0n) is 22.0. The Balaban J connectivity index is 1.47. The minimum atomic E-state index is -0.582. The Bertz CT molecular complexity index is 1050. The molecule has 2 aromatic rings. The Labute approximate surface area is 213 Å². The number of aromatic nitrogens is 4. The molecule has 0 unspecified atom stereocenters. The molecule has 1 atom stereocenters. The first-order valence-corrected chi connectivity index (χ1v) is 12.6. The first kappa shape index (κ1) is 27.1. The van der Waals surface area contributed by atoms with Gasteiger partial charge in [0.1, 0.15) is 23.5 Å². The summed E-state index contributed by atoms with van der Waals surface area (Å²) in [7, 11) is 5.48. The van der Waals surface area contributed by atoms with E-state index in [-0.39, 0.29) is 11.8 Å². The fraction of sp³-hybridized carbons (Fsp3) is 0.560. The number of carbonyl (C=O) groups excluding carboxylic acids is 2. The predicted molar refractivity (Wildman–Crippen MR) is 141 cm³/mol. The number of nitrogens with one attached hydrogen (secondary N) is 4. The normalized spacial score (nSPS) is 14.5. The third-order valence-corrected chi connectivity index (χ3v) is 6.26. The minimum Gasteiger partial charge on any atom is -0.368 e. The number of aryl methyl sites for hydroxylation is 1. The van der Waals surface area contributed by atoms with Crippen LogP contribution in [0.2, 0.25) is 0 Å². The highest BCUT2D eigenvalue weighted by atomic mass is 16.2. The highest BCUT2D eigenvalue weighted by Gasteiger charge is 2.22. The van der Waals surface area contributed by atoms with Crippen molar-refractivity contribution in [2.24, 2.45) is 0 Å². The summed E-state index contributed by atoms with van der Waals surface area (Å²) in [6.07, 6.45) is 7.65. The van der Waals surface area contributed by atoms with Crippen molar-refractivity contribution in [1.82, 2.24) is 35.3 Å². The molecule has 1 aliphatic rings. The van der Waals surface area contributed by atoms with Gasteiger partial charge in [0, 0.05) is 62.9 Å². The van der Waals surface area contributed by atoms with Gasteiger partial charge in [0.2, 0.25) is 11.8 Å². The number of nitrogens with zero attached hydrogens (tertiary/aromatic N) is 5. The first-order chi connectivity index (χ1) is 17.3. The van der Waals surface area contributed by atoms with Gasteiger partial charge in [-0.05, 0) is 33.9 Å². The summed E-state index contributed by atoms with van der Waals surface area (Å²) in [5.41, 5.74) is 1.16. The first-order valence-electron chi connectivity index (χ1n) is 12.6. The maximum Gasteiger partial charge on any atom is 0.246 e. The quantitative estimate of drug-likeness (QED) is 0.245. The summed E-state index contributed by atoms with van der Waals surface area (Å²) in [4.78, 5) is 37.2. The molecule has 0 aromatic carbocycles. The molecular formula is C25H39N9O2. The molecule has 2 aromatic heterocycles. The van der Waals surface area contributed by atoms with Gasteiger partial charge in [-0.2, -0.15) is 5.10 Å². The number of hydrogen-bond donors (Lipinski definition) is 4. The molecule has 2 amide bonds. The molecule has 0 bridgehead atoms. The van der Waals surface area contributed by atoms with Crippen molar-refractivity contribution in [2.45, 2.75) is 51.5 Å². The summed E-state index contributed by atoms with van der Waals surface area (Å²) in [5, 5.41) is 16.9. The molecule has 1 fully saturated rings. The van der Waals surface area contributed by atoms with Gasteiger partial charge >= 0.3 is 0 Å². The third-order valence-electron chi connectivity index (χ3n) is 6.26. The molecule has 11 heteroatoms. The van der Waals surface area contributed by atoms with Crippen LogP contribution >= 0.6 is 0 Å². The predicted octanol–water partition coefficient (Wildman–Crippen LogP) is 2.27. The monoisotopic (exact) mass is 497 g/mol. The molecule has 2 heterocycles. The molecule has 36 heavy (non-hydrogen) atoms. The van der Waals surface area contributed by atoms with Gasteiger partial charge in [-0.3, -0.25) is 14.7 Å². The Morgan fingerprint density at radius 1 is 1.14 bits per heavy atom. The number of likely N-dealkylation sites (N-methyl/N-ethyl adjacent to an activating group) is 2. The van der Waals surface area contributed by atoms with E-state index in [1.807, 2.05) is 38.1 Å². The van der Waals surface area contributed by atoms with Crippen molar-refractivity contribution in [3.63, 3.8) is 0 Å². The lowest BCUT2D eigenvalue weighted by molar-refractivity contribution is -0.135. The number of anilines is 3. The van der Waals surface area contributed by atoms with Gasteiger partial charge in [-0.25, -0.2) is 9.97 Å². The zero-order chi connectivity index (χ0) is 26.1. The average Bonchev–Trinajstić information content (AvgIpc) is 3.26. The molecule has 3 rings (SSSR count). The molecule has 1 aliphatic carbocycles. The lowest BCUT2D eigenvalue weighted by atomic mass is 9.83. The summed E-state index contributed by atoms with van der Waals surface area (Å²) in [5.74, 6) is 2.93. The van der Waals surface area contributed by atoms with Crippen molar-refractivity contribution < 1.29 is 9.59 Å². The molecule has 0 aliphatic heterocycles. The van der Waals surface area contributed by atoms with Crippen molar-refractivity contribution in [3.05, 3.63) is 35.8 Å². The largest absolute Gasteiger partial charge is 0.368 e. The highest BCUT2D eigenvalue weighted by molar-refractivity contribution is 5.92. The summed E-state index contributed by atoms with van der Waals surface area (Å²) < 4.78 is 0. The Hall–Kier alpha value is -3.47. The van der Waals surface area contributed by atoms with Crippen LogP contribution in [0.3, 0.4) is 0 Å². The second-order valence-corrected chi connectivity index (χ2v) is 9.38. The van der Waals surface area contributed by atoms with Gasteiger partial charge in [-0.15, -0.1) is 0 Å². The van der Waals surface area contributed by atoms with E-state index in [4.69, 9.17) is 0 Å². The van der Waals surface area contributed by atoms with Crippen molar-refractivity contribution in [3.8, 4) is 0 Å². The van der Waals surface area contributed by atoms with Crippen LogP contribution in [0.25, 0.3) is 0 Å². The minimum absolute atomic E-state index is 0.206. The van der Waals surface area contributed by atoms with E-state index in [0.29, 0.717) is 49.4 Å². The topological polar surface area (TPSA) is 131 Å². The smallest absolute Gasteiger partial charge is 0.246 e. The van der Waals surface area contributed by atoms with Crippen molar-refractivity contribution in [1.29, 1.82) is 0 Å². The highest BCUT2D eigenvalue weighted by Crippen LogP contribution is 2.36. The zero-order valence-corrected chi connectivity index (χ0v) is 22.0. The Morgan fingerprint density at radius 3 is 2.56 bits per heavy atom. The molecule has 0 spiro atoms. The fourth-order valence-corrected chi connectivity index (χ4v) is 3.64. The van der Waals surface area contributed by atoms with Crippen LogP contribution in [0.1, 0.15) is 50.5 Å². The van der Waals surface area contributed by atoms with Crippen LogP contribution in [0.5, 0.6) is 0 Å². The molecular weight excluding hydrogens is 458 g/mol. The van der Waals surface area contributed by atoms with Gasteiger partial charge in [0.15, 0.2) is 5.82 Å². The van der Waals surface area contributed by atoms with Crippen LogP contribution in [-0.4, -0.2) is 88.6 Å². The number of amides is 2. The number of aromatic amines is 1. The van der Waals surface area contributed by atoms with Gasteiger partial charge < -0.3 is 25.8 Å². The Morgan fingerprint density at radius 2 is 1.89 bits per heavy atom. The van der Waals surface area contributed by atoms with Gasteiger partial charge in [-0.1, -0.05) is 19.4 Å². The van der Waals surface area contributed by atoms with E-state index in [1.165, 1.54) is 30.2 Å². The van der Waals surface area contributed by atoms with E-state index < -0.39 is 6.04 Å². The SMILES string of the molecule is CCc1nc(NCCNC(=O)[C@H](C)N(C)C(=O)/C=C/CN(C)C)cc(Nc2cc(C3CCC3)[nH]n2)n1. The third kappa shape index (κ3) is 7.77. The van der Waals surface area contributed by atoms with Crippen LogP contribution in [0, 0.1) is 0 Å². The van der Waals surface area contributed by atoms with Crippen molar-refractivity contribution in [2.75, 3.05) is 51.4 Å². The van der Waals surface area contributed by atoms with Crippen LogP contribution in [0.4, 0.5) is 17.5 Å². The summed E-state index contributed by atoms with van der Waals surface area (Å²) in [6.45, 7) is 5.24. The number of H-pyrrole nitrogens is 1. The number of rotatable bonds is 13. The number of hydrogen-bond acceptors (Lipinski definition) is 8. The van der Waals surface area contributed by atoms with Crippen LogP contribution in [0.15, 0.2) is 24.3 Å². The average molecular weight is 498 g/mol. The summed E-state index contributed by atoms with van der Waals surface area (Å²) in [6, 6.07) is 3.29. The fourth-order valence-electron chi connectivity index (χ4n) is 3.64. The second kappa shape index (κ2) is 13.0. The number of carbonyl (C=O) groups is 2. The van der Waals surface area contributed by atoms with Crippen LogP contribution < -0.4 is 16.0 Å². The maximum atomic E-state index is 12.5. The van der Waals surface area contributed by atoms with E-state index in [9.17, 15) is 9.59 Å². The molecule has 0 saturated heterocycles. The molecule has 4 N–H and O–H groups in total. The molecule has 196 valence electrons. The molecule has 11 nitrogen and oxygen atoms in total. The lowest BCUT2D eigenvalue weighted by Crippen LogP contribution is -2.46. The maximum absolute atomic E-state index is 12.5. The second-order valence-electron chi connectivity index (χ2n) is 9.38. The standard InChI is InChI=1S/C25H39N9O2/c1-6-20-28-21(16-22(29-20)30-23-15-19(31-32-23)18-9-7-10-18)26-12-13-27-25(36)17(2)34(5)24(35)11-8-14-33(3)4/h8,11,15-18H,6-7,9-10,12-14H2,1-5H3,(H,27,36)(H3,26,28,29,30,31,32)/b11-8+/t17-/m0/s1. The van der Waals surface area contributed by atoms with Gasteiger partial charge in [0.25, 0.3) is 0 Å². The molecule has 1 saturated carbocycles. The van der Waals surface area contributed by atoms with E-state index in [0.717, 1.165) is 11.5 Å². The van der Waals surface area contributed by atoms with E-state index >= 15 is 0 Å². The Kier molecular flexibility index (Phi) is 9.80. The molecule has 0 radical (unpaired) electrons. The van der Waals surface area contributed by atoms with Crippen molar-refractivity contribution >= 4 is 29.3 Å².